The van der Waals surface area contributed by atoms with Crippen LogP contribution in [0.3, 0.4) is 0 Å². The van der Waals surface area contributed by atoms with Crippen LogP contribution < -0.4 is 0 Å². The van der Waals surface area contributed by atoms with Gasteiger partial charge in [0.15, 0.2) is 23.1 Å². The Balaban J connectivity index is 1.22. The van der Waals surface area contributed by atoms with E-state index in [9.17, 15) is 0 Å². The Morgan fingerprint density at radius 3 is 1.96 bits per heavy atom. The van der Waals surface area contributed by atoms with Gasteiger partial charge in [0.25, 0.3) is 0 Å². The van der Waals surface area contributed by atoms with Crippen molar-refractivity contribution in [3.63, 3.8) is 0 Å². The van der Waals surface area contributed by atoms with E-state index < -0.39 is 0 Å². The molecular weight excluding hydrogens is 584 g/mol. The second kappa shape index (κ2) is 9.95. The summed E-state index contributed by atoms with van der Waals surface area (Å²) in [5, 5.41) is 3.87. The molecule has 0 aliphatic carbocycles. The third-order valence-corrected chi connectivity index (χ3v) is 8.59. The first-order chi connectivity index (χ1) is 23.3. The third-order valence-electron chi connectivity index (χ3n) is 8.59. The molecule has 0 radical (unpaired) electrons. The van der Waals surface area contributed by atoms with E-state index in [1.54, 1.807) is 0 Å². The summed E-state index contributed by atoms with van der Waals surface area (Å²) in [6, 6.07) is 43.8. The Morgan fingerprint density at radius 2 is 1.06 bits per heavy atom. The normalized spacial score (nSPS) is 11.8. The summed E-state index contributed by atoms with van der Waals surface area (Å²) >= 11 is 0. The van der Waals surface area contributed by atoms with E-state index in [2.05, 4.69) is 18.2 Å². The van der Waals surface area contributed by atoms with Gasteiger partial charge in [-0.05, 0) is 48.5 Å². The number of fused-ring (bicyclic) bond motifs is 7. The van der Waals surface area contributed by atoms with Gasteiger partial charge in [0.2, 0.25) is 5.89 Å². The fourth-order valence-electron chi connectivity index (χ4n) is 6.40. The van der Waals surface area contributed by atoms with Crippen LogP contribution in [0.4, 0.5) is 0 Å². The van der Waals surface area contributed by atoms with E-state index in [0.29, 0.717) is 23.4 Å². The van der Waals surface area contributed by atoms with E-state index >= 15 is 0 Å². The van der Waals surface area contributed by atoms with Crippen LogP contribution in [0.1, 0.15) is 0 Å². The second-order valence-corrected chi connectivity index (χ2v) is 11.4. The van der Waals surface area contributed by atoms with Gasteiger partial charge in [-0.3, -0.25) is 0 Å². The Bertz CT molecular complexity index is 2780. The van der Waals surface area contributed by atoms with E-state index in [0.717, 1.165) is 77.2 Å². The minimum Gasteiger partial charge on any atom is -0.456 e. The topological polar surface area (TPSA) is 91.0 Å². The van der Waals surface area contributed by atoms with Gasteiger partial charge in [0.1, 0.15) is 27.8 Å². The van der Waals surface area contributed by atoms with Crippen LogP contribution in [0.2, 0.25) is 0 Å². The fourth-order valence-corrected chi connectivity index (χ4v) is 6.40. The van der Waals surface area contributed by atoms with E-state index in [4.69, 9.17) is 33.2 Å². The molecule has 10 aromatic rings. The van der Waals surface area contributed by atoms with Crippen molar-refractivity contribution in [2.75, 3.05) is 0 Å². The molecule has 0 fully saturated rings. The lowest BCUT2D eigenvalue weighted by Gasteiger charge is -2.09. The lowest BCUT2D eigenvalue weighted by atomic mass is 10.0. The van der Waals surface area contributed by atoms with Crippen LogP contribution in [0.15, 0.2) is 147 Å². The van der Waals surface area contributed by atoms with Crippen LogP contribution in [-0.4, -0.2) is 19.9 Å². The predicted molar refractivity (Wildman–Crippen MR) is 184 cm³/mol. The second-order valence-electron chi connectivity index (χ2n) is 11.4. The summed E-state index contributed by atoms with van der Waals surface area (Å²) in [5.74, 6) is 2.17. The van der Waals surface area contributed by atoms with Gasteiger partial charge in [0, 0.05) is 38.2 Å². The van der Waals surface area contributed by atoms with Crippen molar-refractivity contribution >= 4 is 55.0 Å². The maximum absolute atomic E-state index is 6.39. The molecule has 7 nitrogen and oxygen atoms in total. The number of oxazole rings is 1. The van der Waals surface area contributed by atoms with Crippen LogP contribution in [0.25, 0.3) is 101 Å². The molecule has 0 unspecified atom stereocenters. The molecular formula is C40H22N4O3. The molecule has 4 heterocycles. The maximum Gasteiger partial charge on any atom is 0.227 e. The zero-order chi connectivity index (χ0) is 30.9. The number of furan rings is 2. The number of hydrogen-bond acceptors (Lipinski definition) is 7. The number of benzene rings is 6. The van der Waals surface area contributed by atoms with Crippen molar-refractivity contribution in [1.82, 2.24) is 19.9 Å². The van der Waals surface area contributed by atoms with Gasteiger partial charge in [0.05, 0.1) is 5.56 Å². The zero-order valence-electron chi connectivity index (χ0n) is 24.7. The Morgan fingerprint density at radius 1 is 0.383 bits per heavy atom. The van der Waals surface area contributed by atoms with E-state index in [-0.39, 0.29) is 0 Å². The number of hydrogen-bond donors (Lipinski definition) is 0. The number of aromatic nitrogens is 4. The molecule has 6 aromatic carbocycles. The van der Waals surface area contributed by atoms with Crippen LogP contribution in [0.5, 0.6) is 0 Å². The molecule has 0 aliphatic heterocycles. The lowest BCUT2D eigenvalue weighted by Crippen LogP contribution is -2.00. The quantitative estimate of drug-likeness (QED) is 0.197. The standard InChI is InChI=1S/C40H22N4O3/c1-2-10-23(11-3-1)37-42-38(44-39(43-37)28-15-8-13-26-25-12-4-6-17-31(25)46-36(26)28)27-14-9-19-34-35(27)29-22-24(20-21-32(29)45-34)40-41-30-16-5-7-18-33(30)47-40/h1-22H. The largest absolute Gasteiger partial charge is 0.456 e. The first-order valence-corrected chi connectivity index (χ1v) is 15.3. The zero-order valence-corrected chi connectivity index (χ0v) is 24.7. The van der Waals surface area contributed by atoms with Crippen molar-refractivity contribution in [3.05, 3.63) is 133 Å². The highest BCUT2D eigenvalue weighted by Gasteiger charge is 2.21. The molecule has 0 saturated carbocycles. The van der Waals surface area contributed by atoms with Gasteiger partial charge in [-0.2, -0.15) is 0 Å². The third kappa shape index (κ3) is 4.07. The van der Waals surface area contributed by atoms with Crippen molar-refractivity contribution in [2.45, 2.75) is 0 Å². The molecule has 10 rings (SSSR count). The van der Waals surface area contributed by atoms with E-state index in [1.807, 2.05) is 115 Å². The van der Waals surface area contributed by atoms with Crippen molar-refractivity contribution in [3.8, 4) is 45.6 Å². The van der Waals surface area contributed by atoms with Gasteiger partial charge < -0.3 is 13.3 Å². The number of nitrogens with zero attached hydrogens (tertiary/aromatic N) is 4. The minimum absolute atomic E-state index is 0.524. The molecule has 0 aliphatic rings. The lowest BCUT2D eigenvalue weighted by molar-refractivity contribution is 0.620. The molecule has 0 N–H and O–H groups in total. The first-order valence-electron chi connectivity index (χ1n) is 15.3. The molecule has 220 valence electrons. The minimum atomic E-state index is 0.524. The average molecular weight is 607 g/mol. The SMILES string of the molecule is c1ccc(-c2nc(-c3cccc4c3oc3ccccc34)nc(-c3cccc4oc5ccc(-c6nc7ccccc7o6)cc5c34)n2)cc1. The molecule has 0 atom stereocenters. The number of para-hydroxylation sites is 4. The Kier molecular flexibility index (Phi) is 5.44. The summed E-state index contributed by atoms with van der Waals surface area (Å²) in [6.07, 6.45) is 0. The summed E-state index contributed by atoms with van der Waals surface area (Å²) in [4.78, 5) is 19.9. The number of rotatable bonds is 4. The first kappa shape index (κ1) is 25.7. The van der Waals surface area contributed by atoms with Gasteiger partial charge in [-0.15, -0.1) is 0 Å². The van der Waals surface area contributed by atoms with Crippen molar-refractivity contribution < 1.29 is 13.3 Å². The van der Waals surface area contributed by atoms with Crippen LogP contribution >= 0.6 is 0 Å². The van der Waals surface area contributed by atoms with Gasteiger partial charge in [-0.25, -0.2) is 19.9 Å². The summed E-state index contributed by atoms with van der Waals surface area (Å²) < 4.78 is 18.8. The van der Waals surface area contributed by atoms with Crippen molar-refractivity contribution in [2.24, 2.45) is 0 Å². The predicted octanol–water partition coefficient (Wildman–Crippen LogP) is 10.5. The van der Waals surface area contributed by atoms with Crippen LogP contribution in [-0.2, 0) is 0 Å². The highest BCUT2D eigenvalue weighted by Crippen LogP contribution is 2.40. The highest BCUT2D eigenvalue weighted by atomic mass is 16.3. The maximum atomic E-state index is 6.39. The highest BCUT2D eigenvalue weighted by molar-refractivity contribution is 6.13. The molecule has 47 heavy (non-hydrogen) atoms. The fraction of sp³-hybridized carbons (Fsp3) is 0. The molecule has 0 bridgehead atoms. The average Bonchev–Trinajstić information content (AvgIpc) is 3.85. The Hall–Kier alpha value is -6.60. The Labute approximate surface area is 266 Å². The molecule has 0 amide bonds. The van der Waals surface area contributed by atoms with Crippen molar-refractivity contribution in [1.29, 1.82) is 0 Å². The molecule has 7 heteroatoms. The summed E-state index contributed by atoms with van der Waals surface area (Å²) in [5.41, 5.74) is 7.94. The molecule has 4 aromatic heterocycles. The van der Waals surface area contributed by atoms with Gasteiger partial charge >= 0.3 is 0 Å². The molecule has 0 saturated heterocycles. The van der Waals surface area contributed by atoms with E-state index in [1.165, 1.54) is 0 Å². The van der Waals surface area contributed by atoms with Crippen LogP contribution in [0, 0.1) is 0 Å². The van der Waals surface area contributed by atoms with Gasteiger partial charge in [-0.1, -0.05) is 84.9 Å². The summed E-state index contributed by atoms with van der Waals surface area (Å²) in [7, 11) is 0. The molecule has 0 spiro atoms. The summed E-state index contributed by atoms with van der Waals surface area (Å²) in [6.45, 7) is 0. The smallest absolute Gasteiger partial charge is 0.227 e. The monoisotopic (exact) mass is 606 g/mol.